The van der Waals surface area contributed by atoms with Crippen LogP contribution in [-0.2, 0) is 27.9 Å². The van der Waals surface area contributed by atoms with Crippen molar-refractivity contribution in [3.05, 3.63) is 12.2 Å². The van der Waals surface area contributed by atoms with Crippen molar-refractivity contribution in [3.63, 3.8) is 0 Å². The quantitative estimate of drug-likeness (QED) is 0.0237. The minimum Gasteiger partial charge on any atom is -0.457 e. The number of aliphatic hydroxyl groups is 2. The molecule has 3 N–H and O–H groups in total. The number of esters is 1. The number of carbonyl (C=O) groups excluding carboxylic acids is 1. The lowest BCUT2D eigenvalue weighted by Crippen LogP contribution is -2.29. The normalized spacial score (nSPS) is 13.9. The van der Waals surface area contributed by atoms with E-state index in [4.69, 9.17) is 23.6 Å². The Bertz CT molecular complexity index is 933. The van der Waals surface area contributed by atoms with Crippen LogP contribution in [0.15, 0.2) is 12.2 Å². The zero-order valence-electron chi connectivity index (χ0n) is 38.7. The van der Waals surface area contributed by atoms with Crippen LogP contribution < -0.4 is 0 Å². The van der Waals surface area contributed by atoms with Gasteiger partial charge in [0.2, 0.25) is 0 Å². The molecule has 0 aromatic heterocycles. The number of allylic oxidation sites excluding steroid dienone is 2. The van der Waals surface area contributed by atoms with Gasteiger partial charge in [-0.3, -0.25) is 13.8 Å². The molecule has 0 heterocycles. The summed E-state index contributed by atoms with van der Waals surface area (Å²) in [7, 11) is -4.52. The molecular weight excluding hydrogens is 764 g/mol. The highest BCUT2D eigenvalue weighted by Gasteiger charge is 2.26. The van der Waals surface area contributed by atoms with Gasteiger partial charge >= 0.3 is 13.8 Å². The number of phosphoric ester groups is 1. The van der Waals surface area contributed by atoms with Gasteiger partial charge in [-0.1, -0.05) is 219 Å². The largest absolute Gasteiger partial charge is 0.472 e. The van der Waals surface area contributed by atoms with Gasteiger partial charge < -0.3 is 24.6 Å². The summed E-state index contributed by atoms with van der Waals surface area (Å²) in [6, 6.07) is 0. The van der Waals surface area contributed by atoms with Crippen molar-refractivity contribution in [2.45, 2.75) is 264 Å². The Hall–Kier alpha value is -0.800. The van der Waals surface area contributed by atoms with Crippen LogP contribution in [0.25, 0.3) is 0 Å². The van der Waals surface area contributed by atoms with Gasteiger partial charge in [-0.25, -0.2) is 4.57 Å². The third kappa shape index (κ3) is 46.5. The van der Waals surface area contributed by atoms with Gasteiger partial charge in [0.15, 0.2) is 0 Å². The highest BCUT2D eigenvalue weighted by atomic mass is 31.2. The summed E-state index contributed by atoms with van der Waals surface area (Å²) >= 11 is 0. The van der Waals surface area contributed by atoms with Gasteiger partial charge in [0, 0.05) is 13.0 Å². The molecule has 0 radical (unpaired) electrons. The maximum absolute atomic E-state index is 12.7. The van der Waals surface area contributed by atoms with Crippen molar-refractivity contribution >= 4 is 13.8 Å². The first-order valence-corrected chi connectivity index (χ1v) is 26.7. The molecule has 10 heteroatoms. The molecule has 0 saturated carbocycles. The zero-order valence-corrected chi connectivity index (χ0v) is 39.6. The molecule has 0 bridgehead atoms. The highest BCUT2D eigenvalue weighted by molar-refractivity contribution is 7.47. The Labute approximate surface area is 364 Å². The lowest BCUT2D eigenvalue weighted by molar-refractivity contribution is -0.154. The van der Waals surface area contributed by atoms with E-state index in [2.05, 4.69) is 26.0 Å². The van der Waals surface area contributed by atoms with E-state index in [1.807, 2.05) is 0 Å². The summed E-state index contributed by atoms with van der Waals surface area (Å²) in [6.45, 7) is 3.57. The van der Waals surface area contributed by atoms with Crippen molar-refractivity contribution in [1.29, 1.82) is 0 Å². The molecule has 0 rings (SSSR count). The van der Waals surface area contributed by atoms with Crippen LogP contribution in [-0.4, -0.2) is 66.3 Å². The highest BCUT2D eigenvalue weighted by Crippen LogP contribution is 2.43. The monoisotopic (exact) mass is 861 g/mol. The number of phosphoric acid groups is 1. The Kier molecular flexibility index (Phi) is 46.1. The van der Waals surface area contributed by atoms with Crippen molar-refractivity contribution in [3.8, 4) is 0 Å². The van der Waals surface area contributed by atoms with Crippen LogP contribution in [0, 0.1) is 0 Å². The number of unbranched alkanes of at least 4 members (excludes halogenated alkanes) is 33. The lowest BCUT2D eigenvalue weighted by Gasteiger charge is -2.20. The molecule has 0 aliphatic heterocycles. The maximum Gasteiger partial charge on any atom is 0.472 e. The Morgan fingerprint density at radius 1 is 0.508 bits per heavy atom. The molecule has 0 spiro atoms. The van der Waals surface area contributed by atoms with Crippen molar-refractivity contribution in [2.24, 2.45) is 0 Å². The maximum atomic E-state index is 12.7. The Morgan fingerprint density at radius 3 is 1.27 bits per heavy atom. The van der Waals surface area contributed by atoms with Crippen molar-refractivity contribution < 1.29 is 43.0 Å². The summed E-state index contributed by atoms with van der Waals surface area (Å²) in [4.78, 5) is 22.7. The number of hydrogen-bond acceptors (Lipinski definition) is 8. The second-order valence-electron chi connectivity index (χ2n) is 17.2. The molecule has 0 aromatic carbocycles. The van der Waals surface area contributed by atoms with Gasteiger partial charge in [-0.15, -0.1) is 0 Å². The molecule has 59 heavy (non-hydrogen) atoms. The SMILES string of the molecule is CCCCCCCC/C=C\CCCCCCCCCCOCC(COP(=O)(O)OCC(O)CO)OC(=O)CCCCCCCCCCCCCCCCCCCCCC. The first kappa shape index (κ1) is 58.2. The van der Waals surface area contributed by atoms with Crippen LogP contribution in [0.3, 0.4) is 0 Å². The predicted octanol–water partition coefficient (Wildman–Crippen LogP) is 14.4. The Morgan fingerprint density at radius 2 is 0.864 bits per heavy atom. The first-order valence-electron chi connectivity index (χ1n) is 25.2. The molecule has 0 saturated heterocycles. The van der Waals surface area contributed by atoms with Crippen LogP contribution in [0.1, 0.15) is 251 Å². The third-order valence-electron chi connectivity index (χ3n) is 11.2. The fourth-order valence-electron chi connectivity index (χ4n) is 7.35. The van der Waals surface area contributed by atoms with Gasteiger partial charge in [0.05, 0.1) is 26.4 Å². The fraction of sp³-hybridized carbons (Fsp3) is 0.939. The fourth-order valence-corrected chi connectivity index (χ4v) is 8.14. The number of aliphatic hydroxyl groups excluding tert-OH is 2. The second kappa shape index (κ2) is 46.7. The van der Waals surface area contributed by atoms with E-state index in [0.717, 1.165) is 38.5 Å². The van der Waals surface area contributed by atoms with E-state index in [0.29, 0.717) is 6.61 Å². The molecule has 0 amide bonds. The van der Waals surface area contributed by atoms with Crippen LogP contribution in [0.5, 0.6) is 0 Å². The first-order chi connectivity index (χ1) is 28.8. The van der Waals surface area contributed by atoms with E-state index in [1.54, 1.807) is 0 Å². The molecule has 0 aliphatic carbocycles. The molecular formula is C49H97O9P. The summed E-state index contributed by atoms with van der Waals surface area (Å²) in [5.74, 6) is -0.377. The van der Waals surface area contributed by atoms with Gasteiger partial charge in [0.1, 0.15) is 12.2 Å². The van der Waals surface area contributed by atoms with Crippen molar-refractivity contribution in [2.75, 3.05) is 33.0 Å². The molecule has 352 valence electrons. The topological polar surface area (TPSA) is 132 Å². The smallest absolute Gasteiger partial charge is 0.457 e. The molecule has 0 fully saturated rings. The summed E-state index contributed by atoms with van der Waals surface area (Å²) in [5.41, 5.74) is 0. The van der Waals surface area contributed by atoms with E-state index in [9.17, 15) is 19.4 Å². The van der Waals surface area contributed by atoms with Crippen LogP contribution in [0.2, 0.25) is 0 Å². The lowest BCUT2D eigenvalue weighted by atomic mass is 10.0. The zero-order chi connectivity index (χ0) is 43.2. The van der Waals surface area contributed by atoms with Gasteiger partial charge in [-0.05, 0) is 38.5 Å². The van der Waals surface area contributed by atoms with Crippen LogP contribution in [0.4, 0.5) is 0 Å². The molecule has 0 aliphatic rings. The number of ether oxygens (including phenoxy) is 2. The molecule has 3 atom stereocenters. The molecule has 0 aromatic rings. The average Bonchev–Trinajstić information content (AvgIpc) is 3.23. The summed E-state index contributed by atoms with van der Waals surface area (Å²) < 4.78 is 33.5. The van der Waals surface area contributed by atoms with E-state index in [-0.39, 0.29) is 25.6 Å². The van der Waals surface area contributed by atoms with Gasteiger partial charge in [0.25, 0.3) is 0 Å². The van der Waals surface area contributed by atoms with Gasteiger partial charge in [-0.2, -0.15) is 0 Å². The van der Waals surface area contributed by atoms with E-state index in [1.165, 1.54) is 193 Å². The Balaban J connectivity index is 4.05. The third-order valence-corrected chi connectivity index (χ3v) is 12.2. The summed E-state index contributed by atoms with van der Waals surface area (Å²) in [6.07, 6.45) is 48.9. The van der Waals surface area contributed by atoms with E-state index < -0.39 is 33.2 Å². The number of hydrogen-bond donors (Lipinski definition) is 3. The molecule has 9 nitrogen and oxygen atoms in total. The summed E-state index contributed by atoms with van der Waals surface area (Å²) in [5, 5.41) is 18.4. The minimum atomic E-state index is -4.52. The molecule has 3 unspecified atom stereocenters. The average molecular weight is 861 g/mol. The van der Waals surface area contributed by atoms with E-state index >= 15 is 0 Å². The predicted molar refractivity (Wildman–Crippen MR) is 247 cm³/mol. The van der Waals surface area contributed by atoms with Crippen molar-refractivity contribution in [1.82, 2.24) is 0 Å². The standard InChI is InChI=1S/C49H97O9P/c1-3-5-7-9-11-13-15-17-19-21-23-24-25-27-29-31-33-35-37-39-41-49(52)58-48(46-57-59(53,54)56-44-47(51)43-50)45-55-42-40-38-36-34-32-30-28-26-22-20-18-16-14-12-10-8-6-4-2/h18,20,47-48,50-51H,3-17,19,21-46H2,1-2H3,(H,53,54)/b20-18-. The second-order valence-corrected chi connectivity index (χ2v) is 18.6. The minimum absolute atomic E-state index is 0.0532. The van der Waals surface area contributed by atoms with Crippen LogP contribution >= 0.6 is 7.82 Å². The number of carbonyl (C=O) groups is 1. The number of rotatable bonds is 49.